The molecule has 1 amide bonds. The summed E-state index contributed by atoms with van der Waals surface area (Å²) in [6.45, 7) is 2.83. The summed E-state index contributed by atoms with van der Waals surface area (Å²) >= 11 is 0. The molecule has 2 aromatic rings. The number of para-hydroxylation sites is 1. The quantitative estimate of drug-likeness (QED) is 0.944. The number of carbonyl (C=O) groups is 1. The van der Waals surface area contributed by atoms with E-state index in [2.05, 4.69) is 10.3 Å². The molecular formula is C19H23N3O. The molecule has 2 aliphatic rings. The first kappa shape index (κ1) is 14.6. The molecule has 1 aliphatic carbocycles. The van der Waals surface area contributed by atoms with Crippen LogP contribution in [0.25, 0.3) is 10.9 Å². The Bertz CT molecular complexity index is 697. The van der Waals surface area contributed by atoms with Crippen LogP contribution >= 0.6 is 0 Å². The summed E-state index contributed by atoms with van der Waals surface area (Å²) in [7, 11) is 0. The summed E-state index contributed by atoms with van der Waals surface area (Å²) in [6, 6.07) is 10.3. The molecular weight excluding hydrogens is 286 g/mol. The third-order valence-corrected chi connectivity index (χ3v) is 5.04. The number of nitrogens with one attached hydrogen (secondary N) is 1. The molecule has 1 aromatic carbocycles. The Hall–Kier alpha value is -1.94. The van der Waals surface area contributed by atoms with Crippen molar-refractivity contribution >= 4 is 16.8 Å². The van der Waals surface area contributed by atoms with E-state index in [9.17, 15) is 4.79 Å². The fourth-order valence-corrected chi connectivity index (χ4v) is 3.39. The maximum atomic E-state index is 12.9. The van der Waals surface area contributed by atoms with Gasteiger partial charge < -0.3 is 10.2 Å². The molecule has 2 fully saturated rings. The van der Waals surface area contributed by atoms with Crippen molar-refractivity contribution in [2.24, 2.45) is 5.92 Å². The number of piperidine rings is 1. The highest BCUT2D eigenvalue weighted by Gasteiger charge is 2.27. The van der Waals surface area contributed by atoms with E-state index in [1.165, 1.54) is 12.8 Å². The van der Waals surface area contributed by atoms with Gasteiger partial charge in [0.2, 0.25) is 0 Å². The molecule has 23 heavy (non-hydrogen) atoms. The van der Waals surface area contributed by atoms with Gasteiger partial charge in [0.15, 0.2) is 0 Å². The molecule has 0 atom stereocenters. The SMILES string of the molecule is O=C(c1cccc2cccnc12)N1CCC(NCC2CC2)CC1. The number of amides is 1. The van der Waals surface area contributed by atoms with E-state index in [4.69, 9.17) is 0 Å². The zero-order valence-electron chi connectivity index (χ0n) is 13.4. The highest BCUT2D eigenvalue weighted by Crippen LogP contribution is 2.28. The molecule has 0 spiro atoms. The third kappa shape index (κ3) is 3.22. The number of hydrogen-bond acceptors (Lipinski definition) is 3. The van der Waals surface area contributed by atoms with Gasteiger partial charge in [-0.1, -0.05) is 18.2 Å². The Morgan fingerprint density at radius 2 is 1.91 bits per heavy atom. The molecule has 1 saturated carbocycles. The Balaban J connectivity index is 1.42. The van der Waals surface area contributed by atoms with Crippen molar-refractivity contribution in [3.63, 3.8) is 0 Å². The van der Waals surface area contributed by atoms with E-state index in [1.54, 1.807) is 6.20 Å². The number of hydrogen-bond donors (Lipinski definition) is 1. The lowest BCUT2D eigenvalue weighted by Gasteiger charge is -2.32. The summed E-state index contributed by atoms with van der Waals surface area (Å²) in [4.78, 5) is 19.3. The Morgan fingerprint density at radius 1 is 1.13 bits per heavy atom. The fraction of sp³-hybridized carbons (Fsp3) is 0.474. The number of nitrogens with zero attached hydrogens (tertiary/aromatic N) is 2. The minimum absolute atomic E-state index is 0.120. The van der Waals surface area contributed by atoms with Crippen molar-refractivity contribution in [1.29, 1.82) is 0 Å². The lowest BCUT2D eigenvalue weighted by molar-refractivity contribution is 0.0707. The highest BCUT2D eigenvalue weighted by molar-refractivity contribution is 6.05. The lowest BCUT2D eigenvalue weighted by atomic mass is 10.0. The fourth-order valence-electron chi connectivity index (χ4n) is 3.39. The smallest absolute Gasteiger partial charge is 0.256 e. The molecule has 0 unspecified atom stereocenters. The van der Waals surface area contributed by atoms with E-state index >= 15 is 0 Å². The van der Waals surface area contributed by atoms with Crippen molar-refractivity contribution in [2.45, 2.75) is 31.7 Å². The molecule has 1 saturated heterocycles. The standard InChI is InChI=1S/C19H23N3O/c23-19(17-5-1-3-15-4-2-10-20-18(15)17)22-11-8-16(9-12-22)21-13-14-6-7-14/h1-5,10,14,16,21H,6-9,11-13H2. The van der Waals surface area contributed by atoms with Crippen LogP contribution in [0.2, 0.25) is 0 Å². The summed E-state index contributed by atoms with van der Waals surface area (Å²) in [5.41, 5.74) is 1.54. The van der Waals surface area contributed by atoms with Crippen LogP contribution in [0.3, 0.4) is 0 Å². The van der Waals surface area contributed by atoms with Crippen LogP contribution in [0.5, 0.6) is 0 Å². The van der Waals surface area contributed by atoms with Crippen LogP contribution in [-0.2, 0) is 0 Å². The summed E-state index contributed by atoms with van der Waals surface area (Å²) < 4.78 is 0. The second-order valence-corrected chi connectivity index (χ2v) is 6.80. The first-order chi connectivity index (χ1) is 11.3. The van der Waals surface area contributed by atoms with E-state index in [-0.39, 0.29) is 5.91 Å². The Kier molecular flexibility index (Phi) is 4.00. The average molecular weight is 309 g/mol. The number of aromatic nitrogens is 1. The van der Waals surface area contributed by atoms with Crippen LogP contribution in [0, 0.1) is 5.92 Å². The van der Waals surface area contributed by atoms with Gasteiger partial charge in [0.1, 0.15) is 0 Å². The predicted molar refractivity (Wildman–Crippen MR) is 91.4 cm³/mol. The largest absolute Gasteiger partial charge is 0.338 e. The maximum Gasteiger partial charge on any atom is 0.256 e. The monoisotopic (exact) mass is 309 g/mol. The number of benzene rings is 1. The first-order valence-electron chi connectivity index (χ1n) is 8.67. The van der Waals surface area contributed by atoms with E-state index in [1.807, 2.05) is 35.2 Å². The van der Waals surface area contributed by atoms with Crippen LogP contribution in [0.15, 0.2) is 36.5 Å². The molecule has 4 rings (SSSR count). The number of pyridine rings is 1. The number of likely N-dealkylation sites (tertiary alicyclic amines) is 1. The van der Waals surface area contributed by atoms with Gasteiger partial charge in [0.25, 0.3) is 5.91 Å². The highest BCUT2D eigenvalue weighted by atomic mass is 16.2. The topological polar surface area (TPSA) is 45.2 Å². The molecule has 0 radical (unpaired) electrons. The third-order valence-electron chi connectivity index (χ3n) is 5.04. The number of rotatable bonds is 4. The molecule has 1 aliphatic heterocycles. The van der Waals surface area contributed by atoms with Crippen LogP contribution in [0.1, 0.15) is 36.0 Å². The zero-order chi connectivity index (χ0) is 15.6. The van der Waals surface area contributed by atoms with E-state index < -0.39 is 0 Å². The number of fused-ring (bicyclic) bond motifs is 1. The molecule has 0 bridgehead atoms. The van der Waals surface area contributed by atoms with Gasteiger partial charge in [-0.05, 0) is 50.3 Å². The second kappa shape index (κ2) is 6.28. The molecule has 1 aromatic heterocycles. The Labute approximate surface area is 136 Å². The van der Waals surface area contributed by atoms with Crippen LogP contribution < -0.4 is 5.32 Å². The van der Waals surface area contributed by atoms with E-state index in [0.717, 1.165) is 54.9 Å². The van der Waals surface area contributed by atoms with E-state index in [0.29, 0.717) is 6.04 Å². The van der Waals surface area contributed by atoms with Gasteiger partial charge in [-0.2, -0.15) is 0 Å². The zero-order valence-corrected chi connectivity index (χ0v) is 13.4. The van der Waals surface area contributed by atoms with Gasteiger partial charge in [-0.3, -0.25) is 9.78 Å². The van der Waals surface area contributed by atoms with Crippen molar-refractivity contribution in [3.8, 4) is 0 Å². The summed E-state index contributed by atoms with van der Waals surface area (Å²) in [5, 5.41) is 4.69. The van der Waals surface area contributed by atoms with Crippen molar-refractivity contribution in [2.75, 3.05) is 19.6 Å². The van der Waals surface area contributed by atoms with Gasteiger partial charge in [-0.25, -0.2) is 0 Å². The van der Waals surface area contributed by atoms with Gasteiger partial charge in [0, 0.05) is 30.7 Å². The molecule has 4 nitrogen and oxygen atoms in total. The molecule has 1 N–H and O–H groups in total. The first-order valence-corrected chi connectivity index (χ1v) is 8.67. The maximum absolute atomic E-state index is 12.9. The number of carbonyl (C=O) groups excluding carboxylic acids is 1. The van der Waals surface area contributed by atoms with Crippen molar-refractivity contribution < 1.29 is 4.79 Å². The van der Waals surface area contributed by atoms with Crippen molar-refractivity contribution in [1.82, 2.24) is 15.2 Å². The van der Waals surface area contributed by atoms with Crippen LogP contribution in [-0.4, -0.2) is 41.5 Å². The normalized spacial score (nSPS) is 19.2. The van der Waals surface area contributed by atoms with Gasteiger partial charge >= 0.3 is 0 Å². The Morgan fingerprint density at radius 3 is 2.70 bits per heavy atom. The summed E-state index contributed by atoms with van der Waals surface area (Å²) in [5.74, 6) is 1.03. The van der Waals surface area contributed by atoms with Crippen molar-refractivity contribution in [3.05, 3.63) is 42.1 Å². The second-order valence-electron chi connectivity index (χ2n) is 6.80. The summed E-state index contributed by atoms with van der Waals surface area (Å²) in [6.07, 6.45) is 6.64. The molecule has 4 heteroatoms. The molecule has 2 heterocycles. The van der Waals surface area contributed by atoms with Gasteiger partial charge in [0.05, 0.1) is 11.1 Å². The van der Waals surface area contributed by atoms with Crippen LogP contribution in [0.4, 0.5) is 0 Å². The minimum Gasteiger partial charge on any atom is -0.338 e. The lowest BCUT2D eigenvalue weighted by Crippen LogP contribution is -2.45. The minimum atomic E-state index is 0.120. The van der Waals surface area contributed by atoms with Gasteiger partial charge in [-0.15, -0.1) is 0 Å². The average Bonchev–Trinajstić information content (AvgIpc) is 3.44. The molecule has 120 valence electrons. The predicted octanol–water partition coefficient (Wildman–Crippen LogP) is 2.84.